The molecule has 0 spiro atoms. The molecule has 2 rings (SSSR count). The van der Waals surface area contributed by atoms with Gasteiger partial charge in [0.1, 0.15) is 5.75 Å². The van der Waals surface area contributed by atoms with Gasteiger partial charge in [-0.25, -0.2) is 13.6 Å². The molecule has 2 aromatic rings. The molecule has 0 radical (unpaired) electrons. The molecule has 0 saturated heterocycles. The number of hydrogen-bond acceptors (Lipinski definition) is 5. The average molecular weight is 326 g/mol. The number of thiophene rings is 1. The van der Waals surface area contributed by atoms with Crippen molar-refractivity contribution < 1.29 is 17.9 Å². The summed E-state index contributed by atoms with van der Waals surface area (Å²) in [5.41, 5.74) is 1.63. The summed E-state index contributed by atoms with van der Waals surface area (Å²) in [6, 6.07) is 4.03. The van der Waals surface area contributed by atoms with Crippen LogP contribution in [-0.2, 0) is 10.0 Å². The molecular formula is C13H14N2O4S2. The maximum Gasteiger partial charge on any atom is 0.256 e. The third kappa shape index (κ3) is 3.41. The maximum atomic E-state index is 12.2. The third-order valence-corrected chi connectivity index (χ3v) is 4.62. The number of hydrogen-bond donors (Lipinski definition) is 2. The quantitative estimate of drug-likeness (QED) is 0.897. The molecule has 0 unspecified atom stereocenters. The normalized spacial score (nSPS) is 11.2. The van der Waals surface area contributed by atoms with Crippen molar-refractivity contribution in [3.8, 4) is 5.75 Å². The summed E-state index contributed by atoms with van der Waals surface area (Å²) in [5, 5.41) is 11.3. The first-order chi connectivity index (χ1) is 9.82. The number of primary sulfonamides is 1. The number of sulfonamides is 1. The van der Waals surface area contributed by atoms with E-state index in [1.807, 2.05) is 12.3 Å². The Bertz CT molecular complexity index is 781. The number of anilines is 1. The number of nitrogens with two attached hydrogens (primary N) is 1. The molecule has 0 atom stereocenters. The fourth-order valence-electron chi connectivity index (χ4n) is 1.74. The van der Waals surface area contributed by atoms with Gasteiger partial charge in [0.05, 0.1) is 23.3 Å². The van der Waals surface area contributed by atoms with Gasteiger partial charge < -0.3 is 10.1 Å². The first-order valence-corrected chi connectivity index (χ1v) is 8.37. The molecular weight excluding hydrogens is 312 g/mol. The second-order valence-corrected chi connectivity index (χ2v) is 6.63. The van der Waals surface area contributed by atoms with Gasteiger partial charge in [0, 0.05) is 5.38 Å². The van der Waals surface area contributed by atoms with E-state index in [0.717, 1.165) is 5.56 Å². The van der Waals surface area contributed by atoms with Crippen molar-refractivity contribution in [1.82, 2.24) is 0 Å². The second-order valence-electron chi connectivity index (χ2n) is 4.33. The third-order valence-electron chi connectivity index (χ3n) is 2.85. The number of benzene rings is 1. The summed E-state index contributed by atoms with van der Waals surface area (Å²) in [5.74, 6) is 0.0160. The van der Waals surface area contributed by atoms with Gasteiger partial charge in [-0.05, 0) is 36.1 Å². The molecule has 112 valence electrons. The number of nitrogens with one attached hydrogen (secondary N) is 1. The molecule has 3 N–H and O–H groups in total. The summed E-state index contributed by atoms with van der Waals surface area (Å²) < 4.78 is 27.9. The first kappa shape index (κ1) is 15.5. The van der Waals surface area contributed by atoms with Crippen LogP contribution < -0.4 is 15.2 Å². The molecule has 6 nitrogen and oxygen atoms in total. The van der Waals surface area contributed by atoms with Crippen molar-refractivity contribution in [3.05, 3.63) is 40.1 Å². The number of aryl methyl sites for hydroxylation is 1. The van der Waals surface area contributed by atoms with Crippen LogP contribution in [0.1, 0.15) is 15.9 Å². The number of carbonyl (C=O) groups is 1. The predicted molar refractivity (Wildman–Crippen MR) is 81.4 cm³/mol. The molecule has 1 aromatic heterocycles. The summed E-state index contributed by atoms with van der Waals surface area (Å²) >= 11 is 1.41. The molecule has 8 heteroatoms. The molecule has 1 aromatic carbocycles. The van der Waals surface area contributed by atoms with Crippen molar-refractivity contribution in [2.45, 2.75) is 11.8 Å². The zero-order valence-corrected chi connectivity index (χ0v) is 13.0. The summed E-state index contributed by atoms with van der Waals surface area (Å²) in [7, 11) is -2.42. The van der Waals surface area contributed by atoms with Crippen molar-refractivity contribution in [2.75, 3.05) is 12.4 Å². The Labute approximate surface area is 126 Å². The number of amides is 1. The van der Waals surface area contributed by atoms with E-state index in [1.54, 1.807) is 5.38 Å². The van der Waals surface area contributed by atoms with E-state index in [2.05, 4.69) is 5.32 Å². The van der Waals surface area contributed by atoms with E-state index in [9.17, 15) is 13.2 Å². The van der Waals surface area contributed by atoms with Crippen LogP contribution in [0.2, 0.25) is 0 Å². The van der Waals surface area contributed by atoms with Gasteiger partial charge >= 0.3 is 0 Å². The molecule has 0 bridgehead atoms. The Morgan fingerprint density at radius 3 is 2.57 bits per heavy atom. The van der Waals surface area contributed by atoms with Gasteiger partial charge in [-0.3, -0.25) is 4.79 Å². The van der Waals surface area contributed by atoms with Crippen LogP contribution in [0.5, 0.6) is 5.75 Å². The number of methoxy groups -OCH3 is 1. The van der Waals surface area contributed by atoms with Crippen molar-refractivity contribution in [2.24, 2.45) is 5.14 Å². The maximum absolute atomic E-state index is 12.2. The van der Waals surface area contributed by atoms with Crippen LogP contribution in [0.3, 0.4) is 0 Å². The first-order valence-electron chi connectivity index (χ1n) is 5.88. The average Bonchev–Trinajstić information content (AvgIpc) is 2.84. The molecule has 21 heavy (non-hydrogen) atoms. The van der Waals surface area contributed by atoms with Crippen LogP contribution in [0, 0.1) is 6.92 Å². The minimum atomic E-state index is -3.85. The SMILES string of the molecule is COc1ccc(S(N)(=O)=O)cc1NC(=O)c1cscc1C. The lowest BCUT2D eigenvalue weighted by molar-refractivity contribution is 0.102. The Hall–Kier alpha value is -1.90. The van der Waals surface area contributed by atoms with E-state index in [4.69, 9.17) is 9.88 Å². The van der Waals surface area contributed by atoms with Crippen molar-refractivity contribution >= 4 is 33.0 Å². The van der Waals surface area contributed by atoms with Crippen LogP contribution in [0.4, 0.5) is 5.69 Å². The number of rotatable bonds is 4. The lowest BCUT2D eigenvalue weighted by atomic mass is 10.2. The van der Waals surface area contributed by atoms with Gasteiger partial charge in [-0.2, -0.15) is 11.3 Å². The Morgan fingerprint density at radius 1 is 1.33 bits per heavy atom. The summed E-state index contributed by atoms with van der Waals surface area (Å²) in [4.78, 5) is 12.1. The molecule has 1 amide bonds. The predicted octanol–water partition coefficient (Wildman–Crippen LogP) is 1.96. The van der Waals surface area contributed by atoms with Gasteiger partial charge in [0.25, 0.3) is 5.91 Å². The van der Waals surface area contributed by atoms with Crippen LogP contribution in [-0.4, -0.2) is 21.4 Å². The smallest absolute Gasteiger partial charge is 0.256 e. The highest BCUT2D eigenvalue weighted by Gasteiger charge is 2.16. The fourth-order valence-corrected chi connectivity index (χ4v) is 3.11. The number of carbonyl (C=O) groups excluding carboxylic acids is 1. The lowest BCUT2D eigenvalue weighted by Crippen LogP contribution is -2.15. The highest BCUT2D eigenvalue weighted by atomic mass is 32.2. The Kier molecular flexibility index (Phi) is 4.31. The van der Waals surface area contributed by atoms with E-state index in [-0.39, 0.29) is 16.5 Å². The molecule has 0 aliphatic heterocycles. The zero-order chi connectivity index (χ0) is 15.6. The Balaban J connectivity index is 2.38. The molecule has 0 saturated carbocycles. The second kappa shape index (κ2) is 5.84. The number of ether oxygens (including phenoxy) is 1. The van der Waals surface area contributed by atoms with Gasteiger partial charge in [0.15, 0.2) is 0 Å². The highest BCUT2D eigenvalue weighted by Crippen LogP contribution is 2.28. The van der Waals surface area contributed by atoms with Crippen LogP contribution in [0.25, 0.3) is 0 Å². The standard InChI is InChI=1S/C13H14N2O4S2/c1-8-6-20-7-10(8)13(16)15-11-5-9(21(14,17)18)3-4-12(11)19-2/h3-7H,1-2H3,(H,15,16)(H2,14,17,18). The fraction of sp³-hybridized carbons (Fsp3) is 0.154. The minimum absolute atomic E-state index is 0.0966. The van der Waals surface area contributed by atoms with E-state index in [1.165, 1.54) is 36.6 Å². The van der Waals surface area contributed by atoms with Crippen LogP contribution >= 0.6 is 11.3 Å². The molecule has 0 aliphatic carbocycles. The largest absolute Gasteiger partial charge is 0.495 e. The van der Waals surface area contributed by atoms with Gasteiger partial charge in [-0.1, -0.05) is 0 Å². The molecule has 1 heterocycles. The van der Waals surface area contributed by atoms with Crippen LogP contribution in [0.15, 0.2) is 33.9 Å². The van der Waals surface area contributed by atoms with Crippen molar-refractivity contribution in [1.29, 1.82) is 0 Å². The van der Waals surface area contributed by atoms with E-state index < -0.39 is 10.0 Å². The van der Waals surface area contributed by atoms with E-state index >= 15 is 0 Å². The highest BCUT2D eigenvalue weighted by molar-refractivity contribution is 7.89. The molecule has 0 aliphatic rings. The monoisotopic (exact) mass is 326 g/mol. The van der Waals surface area contributed by atoms with Crippen molar-refractivity contribution in [3.63, 3.8) is 0 Å². The lowest BCUT2D eigenvalue weighted by Gasteiger charge is -2.11. The van der Waals surface area contributed by atoms with E-state index in [0.29, 0.717) is 11.3 Å². The van der Waals surface area contributed by atoms with Gasteiger partial charge in [0.2, 0.25) is 10.0 Å². The molecule has 0 fully saturated rings. The Morgan fingerprint density at radius 2 is 2.05 bits per heavy atom. The topological polar surface area (TPSA) is 98.5 Å². The summed E-state index contributed by atoms with van der Waals surface area (Å²) in [6.07, 6.45) is 0. The zero-order valence-electron chi connectivity index (χ0n) is 11.4. The minimum Gasteiger partial charge on any atom is -0.495 e. The van der Waals surface area contributed by atoms with Gasteiger partial charge in [-0.15, -0.1) is 0 Å². The summed E-state index contributed by atoms with van der Waals surface area (Å²) in [6.45, 7) is 1.82.